The van der Waals surface area contributed by atoms with Gasteiger partial charge in [0.05, 0.1) is 27.4 Å². The summed E-state index contributed by atoms with van der Waals surface area (Å²) in [5.41, 5.74) is 8.17. The molecule has 0 spiro atoms. The Hall–Kier alpha value is -2.04. The van der Waals surface area contributed by atoms with Crippen molar-refractivity contribution in [3.8, 4) is 11.5 Å². The van der Waals surface area contributed by atoms with Gasteiger partial charge in [-0.3, -0.25) is 0 Å². The molecule has 0 amide bonds. The van der Waals surface area contributed by atoms with Crippen LogP contribution in [0, 0.1) is 0 Å². The van der Waals surface area contributed by atoms with Crippen LogP contribution in [0.15, 0.2) is 48.5 Å². The number of ether oxygens (including phenoxy) is 3. The van der Waals surface area contributed by atoms with Crippen molar-refractivity contribution in [2.45, 2.75) is 25.5 Å². The van der Waals surface area contributed by atoms with Crippen LogP contribution in [0.3, 0.4) is 0 Å². The van der Waals surface area contributed by atoms with Crippen LogP contribution < -0.4 is 15.2 Å². The molecule has 0 bridgehead atoms. The first-order valence-electron chi connectivity index (χ1n) is 7.65. The third kappa shape index (κ3) is 5.27. The van der Waals surface area contributed by atoms with Crippen LogP contribution in [0.1, 0.15) is 18.1 Å². The number of hydrogen-bond donors (Lipinski definition) is 1. The molecule has 1 atom stereocenters. The van der Waals surface area contributed by atoms with Crippen molar-refractivity contribution < 1.29 is 14.2 Å². The van der Waals surface area contributed by atoms with Gasteiger partial charge < -0.3 is 19.9 Å². The van der Waals surface area contributed by atoms with Crippen molar-refractivity contribution in [2.75, 3.05) is 20.8 Å². The van der Waals surface area contributed by atoms with Crippen molar-refractivity contribution >= 4 is 0 Å². The Morgan fingerprint density at radius 2 is 1.61 bits per heavy atom. The van der Waals surface area contributed by atoms with Gasteiger partial charge in [-0.1, -0.05) is 36.4 Å². The van der Waals surface area contributed by atoms with Gasteiger partial charge in [0.25, 0.3) is 0 Å². The quantitative estimate of drug-likeness (QED) is 0.813. The van der Waals surface area contributed by atoms with Gasteiger partial charge in [-0.05, 0) is 36.6 Å². The zero-order valence-electron chi connectivity index (χ0n) is 14.0. The van der Waals surface area contributed by atoms with Crippen LogP contribution in [0.4, 0.5) is 0 Å². The monoisotopic (exact) mass is 315 g/mol. The second-order valence-corrected chi connectivity index (χ2v) is 6.00. The van der Waals surface area contributed by atoms with Gasteiger partial charge in [0.15, 0.2) is 11.5 Å². The molecule has 0 heterocycles. The lowest BCUT2D eigenvalue weighted by molar-refractivity contribution is 0.0791. The average molecular weight is 315 g/mol. The van der Waals surface area contributed by atoms with E-state index in [4.69, 9.17) is 19.9 Å². The molecule has 2 aromatic rings. The summed E-state index contributed by atoms with van der Waals surface area (Å²) in [6.07, 6.45) is 0.697. The molecule has 0 aliphatic heterocycles. The molecule has 0 aromatic heterocycles. The van der Waals surface area contributed by atoms with Crippen molar-refractivity contribution in [1.82, 2.24) is 0 Å². The topological polar surface area (TPSA) is 53.7 Å². The standard InChI is InChI=1S/C19H25NO3/c1-19(20,14-23-13-15-7-5-4-6-8-15)12-16-9-10-17(21-2)18(11-16)22-3/h4-11H,12-14,20H2,1-3H3. The molecule has 0 aliphatic carbocycles. The van der Waals surface area contributed by atoms with E-state index in [1.54, 1.807) is 14.2 Å². The fourth-order valence-corrected chi connectivity index (χ4v) is 2.48. The molecule has 0 saturated carbocycles. The van der Waals surface area contributed by atoms with E-state index in [1.165, 1.54) is 0 Å². The molecule has 0 saturated heterocycles. The lowest BCUT2D eigenvalue weighted by atomic mass is 9.94. The van der Waals surface area contributed by atoms with Crippen molar-refractivity contribution in [3.63, 3.8) is 0 Å². The first-order valence-corrected chi connectivity index (χ1v) is 7.65. The van der Waals surface area contributed by atoms with Crippen molar-refractivity contribution in [3.05, 3.63) is 59.7 Å². The fourth-order valence-electron chi connectivity index (χ4n) is 2.48. The van der Waals surface area contributed by atoms with Crippen LogP contribution >= 0.6 is 0 Å². The minimum Gasteiger partial charge on any atom is -0.493 e. The smallest absolute Gasteiger partial charge is 0.160 e. The van der Waals surface area contributed by atoms with Gasteiger partial charge in [0.1, 0.15) is 0 Å². The summed E-state index contributed by atoms with van der Waals surface area (Å²) in [4.78, 5) is 0. The summed E-state index contributed by atoms with van der Waals surface area (Å²) >= 11 is 0. The second-order valence-electron chi connectivity index (χ2n) is 6.00. The van der Waals surface area contributed by atoms with Crippen molar-refractivity contribution in [1.29, 1.82) is 0 Å². The first-order chi connectivity index (χ1) is 11.0. The van der Waals surface area contributed by atoms with Crippen LogP contribution in [0.25, 0.3) is 0 Å². The molecule has 0 aliphatic rings. The Balaban J connectivity index is 1.92. The highest BCUT2D eigenvalue weighted by atomic mass is 16.5. The molecule has 2 N–H and O–H groups in total. The lowest BCUT2D eigenvalue weighted by Crippen LogP contribution is -2.43. The summed E-state index contributed by atoms with van der Waals surface area (Å²) < 4.78 is 16.4. The van der Waals surface area contributed by atoms with E-state index >= 15 is 0 Å². The molecule has 4 heteroatoms. The minimum atomic E-state index is -0.450. The summed E-state index contributed by atoms with van der Waals surface area (Å²) in [5, 5.41) is 0. The molecule has 1 unspecified atom stereocenters. The highest BCUT2D eigenvalue weighted by molar-refractivity contribution is 5.43. The molecular weight excluding hydrogens is 290 g/mol. The van der Waals surface area contributed by atoms with E-state index in [9.17, 15) is 0 Å². The number of hydrogen-bond acceptors (Lipinski definition) is 4. The van der Waals surface area contributed by atoms with E-state index in [0.717, 1.165) is 16.9 Å². The molecule has 2 rings (SSSR count). The average Bonchev–Trinajstić information content (AvgIpc) is 2.55. The fraction of sp³-hybridized carbons (Fsp3) is 0.368. The normalized spacial score (nSPS) is 13.4. The van der Waals surface area contributed by atoms with Crippen LogP contribution in [-0.2, 0) is 17.8 Å². The van der Waals surface area contributed by atoms with Crippen LogP contribution in [0.2, 0.25) is 0 Å². The summed E-state index contributed by atoms with van der Waals surface area (Å²) in [6, 6.07) is 16.0. The maximum Gasteiger partial charge on any atom is 0.160 e. The Morgan fingerprint density at radius 1 is 0.913 bits per heavy atom. The molecule has 2 aromatic carbocycles. The summed E-state index contributed by atoms with van der Waals surface area (Å²) in [5.74, 6) is 1.43. The third-order valence-electron chi connectivity index (χ3n) is 3.60. The SMILES string of the molecule is COc1ccc(CC(C)(N)COCc2ccccc2)cc1OC. The Morgan fingerprint density at radius 3 is 2.26 bits per heavy atom. The third-order valence-corrected chi connectivity index (χ3v) is 3.60. The number of benzene rings is 2. The largest absolute Gasteiger partial charge is 0.493 e. The van der Waals surface area contributed by atoms with Gasteiger partial charge >= 0.3 is 0 Å². The Bertz CT molecular complexity index is 611. The molecule has 23 heavy (non-hydrogen) atoms. The van der Waals surface area contributed by atoms with Gasteiger partial charge in [0, 0.05) is 5.54 Å². The number of methoxy groups -OCH3 is 2. The summed E-state index contributed by atoms with van der Waals surface area (Å²) in [6.45, 7) is 3.05. The van der Waals surface area contributed by atoms with Crippen LogP contribution in [-0.4, -0.2) is 26.4 Å². The first kappa shape index (κ1) is 17.3. The number of nitrogens with two attached hydrogens (primary N) is 1. The van der Waals surface area contributed by atoms with Gasteiger partial charge in [-0.15, -0.1) is 0 Å². The van der Waals surface area contributed by atoms with Crippen molar-refractivity contribution in [2.24, 2.45) is 5.73 Å². The maximum absolute atomic E-state index is 6.38. The van der Waals surface area contributed by atoms with E-state index < -0.39 is 5.54 Å². The maximum atomic E-state index is 6.38. The predicted octanol–water partition coefficient (Wildman–Crippen LogP) is 3.18. The molecule has 0 fully saturated rings. The highest BCUT2D eigenvalue weighted by Gasteiger charge is 2.20. The van der Waals surface area contributed by atoms with Gasteiger partial charge in [-0.2, -0.15) is 0 Å². The predicted molar refractivity (Wildman–Crippen MR) is 91.9 cm³/mol. The molecular formula is C19H25NO3. The molecule has 0 radical (unpaired) electrons. The lowest BCUT2D eigenvalue weighted by Gasteiger charge is -2.25. The Labute approximate surface area is 138 Å². The molecule has 124 valence electrons. The highest BCUT2D eigenvalue weighted by Crippen LogP contribution is 2.28. The molecule has 4 nitrogen and oxygen atoms in total. The minimum absolute atomic E-state index is 0.450. The van der Waals surface area contributed by atoms with Gasteiger partial charge in [0.2, 0.25) is 0 Å². The van der Waals surface area contributed by atoms with E-state index in [2.05, 4.69) is 0 Å². The van der Waals surface area contributed by atoms with E-state index in [1.807, 2.05) is 55.5 Å². The summed E-state index contributed by atoms with van der Waals surface area (Å²) in [7, 11) is 3.26. The van der Waals surface area contributed by atoms with E-state index in [0.29, 0.717) is 25.4 Å². The van der Waals surface area contributed by atoms with Crippen LogP contribution in [0.5, 0.6) is 11.5 Å². The Kier molecular flexibility index (Phi) is 6.02. The van der Waals surface area contributed by atoms with Gasteiger partial charge in [-0.25, -0.2) is 0 Å². The van der Waals surface area contributed by atoms with E-state index in [-0.39, 0.29) is 0 Å². The second kappa shape index (κ2) is 7.99. The number of rotatable bonds is 8. The zero-order chi connectivity index (χ0) is 16.7. The zero-order valence-corrected chi connectivity index (χ0v) is 14.0.